The number of hydrogen-bond donors (Lipinski definition) is 0. The van der Waals surface area contributed by atoms with Gasteiger partial charge in [0, 0.05) is 5.56 Å². The smallest absolute Gasteiger partial charge is 0.265 e. The Bertz CT molecular complexity index is 331. The zero-order chi connectivity index (χ0) is 7.68. The molecule has 1 radical (unpaired) electrons. The number of benzene rings is 1. The molecule has 0 aliphatic carbocycles. The van der Waals surface area contributed by atoms with Crippen LogP contribution in [0.3, 0.4) is 0 Å². The average molecular weight is 145 g/mol. The Labute approximate surface area is 63.8 Å². The maximum absolute atomic E-state index is 11.0. The molecule has 3 nitrogen and oxygen atoms in total. The lowest BCUT2D eigenvalue weighted by molar-refractivity contribution is 0.0988. The monoisotopic (exact) mass is 145 g/mol. The number of carbonyl (C=O) groups is 1. The first-order chi connectivity index (χ1) is 5.38. The molecule has 11 heavy (non-hydrogen) atoms. The van der Waals surface area contributed by atoms with Gasteiger partial charge < -0.3 is 0 Å². The highest BCUT2D eigenvalue weighted by molar-refractivity contribution is 5.96. The number of azo groups is 1. The number of nitrogens with zero attached hydrogens (tertiary/aromatic N) is 2. The molecule has 53 valence electrons. The Balaban J connectivity index is 2.59. The van der Waals surface area contributed by atoms with Crippen LogP contribution >= 0.6 is 0 Å². The van der Waals surface area contributed by atoms with Gasteiger partial charge >= 0.3 is 0 Å². The summed E-state index contributed by atoms with van der Waals surface area (Å²) in [6.45, 7) is 0.510. The van der Waals surface area contributed by atoms with Gasteiger partial charge in [0.15, 0.2) is 0 Å². The van der Waals surface area contributed by atoms with E-state index in [1.807, 2.05) is 6.07 Å². The molecule has 3 heteroatoms. The molecule has 1 heterocycles. The molecule has 0 spiro atoms. The minimum Gasteiger partial charge on any atom is -0.265 e. The third-order valence-electron chi connectivity index (χ3n) is 1.59. The zero-order valence-electron chi connectivity index (χ0n) is 5.74. The van der Waals surface area contributed by atoms with Crippen molar-refractivity contribution in [3.8, 4) is 0 Å². The highest BCUT2D eigenvalue weighted by Gasteiger charge is 2.12. The second kappa shape index (κ2) is 2.27. The molecule has 1 aromatic rings. The number of fused-ring (bicyclic) bond motifs is 1. The summed E-state index contributed by atoms with van der Waals surface area (Å²) in [5, 5.41) is 7.10. The lowest BCUT2D eigenvalue weighted by Crippen LogP contribution is -2.03. The SMILES string of the molecule is O=C1N=NCc2cc[c]cc21. The van der Waals surface area contributed by atoms with E-state index in [9.17, 15) is 4.79 Å². The van der Waals surface area contributed by atoms with Crippen molar-refractivity contribution < 1.29 is 4.79 Å². The molecule has 1 amide bonds. The Morgan fingerprint density at radius 3 is 3.27 bits per heavy atom. The first-order valence-electron chi connectivity index (χ1n) is 3.29. The maximum Gasteiger partial charge on any atom is 0.295 e. The Morgan fingerprint density at radius 2 is 2.45 bits per heavy atom. The van der Waals surface area contributed by atoms with Crippen LogP contribution in [0.15, 0.2) is 28.4 Å². The summed E-state index contributed by atoms with van der Waals surface area (Å²) < 4.78 is 0. The maximum atomic E-state index is 11.0. The topological polar surface area (TPSA) is 41.8 Å². The van der Waals surface area contributed by atoms with E-state index < -0.39 is 0 Å². The zero-order valence-corrected chi connectivity index (χ0v) is 5.74. The molecular formula is C8H5N2O. The number of hydrogen-bond acceptors (Lipinski definition) is 2. The van der Waals surface area contributed by atoms with Crippen LogP contribution in [-0.2, 0) is 6.54 Å². The molecule has 0 saturated carbocycles. The fourth-order valence-corrected chi connectivity index (χ4v) is 1.03. The molecule has 1 aromatic carbocycles. The molecule has 0 N–H and O–H groups in total. The van der Waals surface area contributed by atoms with Crippen molar-refractivity contribution in [2.45, 2.75) is 6.54 Å². The fraction of sp³-hybridized carbons (Fsp3) is 0.125. The fourth-order valence-electron chi connectivity index (χ4n) is 1.03. The van der Waals surface area contributed by atoms with Crippen LogP contribution in [0.5, 0.6) is 0 Å². The van der Waals surface area contributed by atoms with Crippen molar-refractivity contribution in [3.63, 3.8) is 0 Å². The number of amides is 1. The largest absolute Gasteiger partial charge is 0.295 e. The van der Waals surface area contributed by atoms with Gasteiger partial charge in [0.05, 0.1) is 6.54 Å². The summed E-state index contributed by atoms with van der Waals surface area (Å²) in [6.07, 6.45) is 0. The summed E-state index contributed by atoms with van der Waals surface area (Å²) in [5.41, 5.74) is 1.56. The van der Waals surface area contributed by atoms with Crippen molar-refractivity contribution in [3.05, 3.63) is 35.4 Å². The highest BCUT2D eigenvalue weighted by atomic mass is 16.1. The van der Waals surface area contributed by atoms with Gasteiger partial charge in [-0.1, -0.05) is 12.1 Å². The van der Waals surface area contributed by atoms with Gasteiger partial charge in [0.25, 0.3) is 5.91 Å². The van der Waals surface area contributed by atoms with E-state index in [0.29, 0.717) is 12.1 Å². The van der Waals surface area contributed by atoms with Gasteiger partial charge in [-0.3, -0.25) is 4.79 Å². The van der Waals surface area contributed by atoms with Gasteiger partial charge in [-0.2, -0.15) is 5.11 Å². The molecule has 2 rings (SSSR count). The normalized spacial score (nSPS) is 14.7. The second-order valence-electron chi connectivity index (χ2n) is 2.29. The minimum atomic E-state index is -0.261. The van der Waals surface area contributed by atoms with Crippen LogP contribution in [-0.4, -0.2) is 5.91 Å². The van der Waals surface area contributed by atoms with Crippen LogP contribution in [0.4, 0.5) is 0 Å². The molecule has 0 fully saturated rings. The van der Waals surface area contributed by atoms with Crippen molar-refractivity contribution in [1.82, 2.24) is 0 Å². The van der Waals surface area contributed by atoms with Crippen LogP contribution in [0.25, 0.3) is 0 Å². The van der Waals surface area contributed by atoms with E-state index >= 15 is 0 Å². The average Bonchev–Trinajstić information content (AvgIpc) is 2.06. The van der Waals surface area contributed by atoms with Crippen molar-refractivity contribution in [2.75, 3.05) is 0 Å². The van der Waals surface area contributed by atoms with Crippen molar-refractivity contribution in [1.29, 1.82) is 0 Å². The van der Waals surface area contributed by atoms with E-state index in [4.69, 9.17) is 0 Å². The van der Waals surface area contributed by atoms with Crippen LogP contribution < -0.4 is 0 Å². The van der Waals surface area contributed by atoms with Gasteiger partial charge in [-0.15, -0.1) is 5.11 Å². The predicted octanol–water partition coefficient (Wildman–Crippen LogP) is 1.59. The van der Waals surface area contributed by atoms with E-state index in [1.165, 1.54) is 0 Å². The lowest BCUT2D eigenvalue weighted by Gasteiger charge is -2.05. The summed E-state index contributed by atoms with van der Waals surface area (Å²) in [5.74, 6) is -0.261. The molecule has 0 aromatic heterocycles. The molecule has 0 atom stereocenters. The standard InChI is InChI=1S/C8H5N2O/c11-8-7-4-2-1-3-6(7)5-9-10-8/h1,3-4H,5H2. The van der Waals surface area contributed by atoms with Crippen molar-refractivity contribution >= 4 is 5.91 Å². The summed E-state index contributed by atoms with van der Waals surface area (Å²) in [4.78, 5) is 11.0. The summed E-state index contributed by atoms with van der Waals surface area (Å²) >= 11 is 0. The predicted molar refractivity (Wildman–Crippen MR) is 38.2 cm³/mol. The third-order valence-corrected chi connectivity index (χ3v) is 1.59. The van der Waals surface area contributed by atoms with E-state index in [1.54, 1.807) is 12.1 Å². The molecule has 1 aliphatic heterocycles. The summed E-state index contributed by atoms with van der Waals surface area (Å²) in [6, 6.07) is 8.09. The number of carbonyl (C=O) groups excluding carboxylic acids is 1. The molecular weight excluding hydrogens is 140 g/mol. The van der Waals surface area contributed by atoms with Crippen LogP contribution in [0.2, 0.25) is 0 Å². The third kappa shape index (κ3) is 0.941. The molecule has 0 bridgehead atoms. The first kappa shape index (κ1) is 6.22. The van der Waals surface area contributed by atoms with E-state index in [2.05, 4.69) is 16.3 Å². The molecule has 1 aliphatic rings. The highest BCUT2D eigenvalue weighted by Crippen LogP contribution is 2.15. The molecule has 0 unspecified atom stereocenters. The van der Waals surface area contributed by atoms with Crippen LogP contribution in [0, 0.1) is 6.07 Å². The quantitative estimate of drug-likeness (QED) is 0.546. The Kier molecular flexibility index (Phi) is 1.28. The second-order valence-corrected chi connectivity index (χ2v) is 2.29. The van der Waals surface area contributed by atoms with Crippen LogP contribution in [0.1, 0.15) is 15.9 Å². The number of rotatable bonds is 0. The first-order valence-corrected chi connectivity index (χ1v) is 3.29. The Morgan fingerprint density at radius 1 is 1.55 bits per heavy atom. The summed E-state index contributed by atoms with van der Waals surface area (Å²) in [7, 11) is 0. The Hall–Kier alpha value is -1.51. The van der Waals surface area contributed by atoms with Gasteiger partial charge in [-0.05, 0) is 17.7 Å². The van der Waals surface area contributed by atoms with E-state index in [-0.39, 0.29) is 5.91 Å². The lowest BCUT2D eigenvalue weighted by atomic mass is 10.1. The van der Waals surface area contributed by atoms with E-state index in [0.717, 1.165) is 5.56 Å². The minimum absolute atomic E-state index is 0.261. The van der Waals surface area contributed by atoms with Gasteiger partial charge in [-0.25, -0.2) is 0 Å². The van der Waals surface area contributed by atoms with Gasteiger partial charge in [0.2, 0.25) is 0 Å². The van der Waals surface area contributed by atoms with Gasteiger partial charge in [0.1, 0.15) is 0 Å². The van der Waals surface area contributed by atoms with Crippen molar-refractivity contribution in [2.24, 2.45) is 10.2 Å². The molecule has 0 saturated heterocycles.